The lowest BCUT2D eigenvalue weighted by atomic mass is 10.1. The summed E-state index contributed by atoms with van der Waals surface area (Å²) in [5, 5.41) is 3.36. The van der Waals surface area contributed by atoms with Gasteiger partial charge in [-0.15, -0.1) is 11.3 Å². The first-order valence-electron chi connectivity index (χ1n) is 6.58. The molecule has 2 N–H and O–H groups in total. The molecular formula is C15H20N2OS2. The van der Waals surface area contributed by atoms with E-state index in [1.54, 1.807) is 28.0 Å². The Morgan fingerprint density at radius 1 is 1.45 bits per heavy atom. The minimum Gasteiger partial charge on any atom is -0.340 e. The molecule has 0 saturated carbocycles. The first kappa shape index (κ1) is 15.4. The molecule has 20 heavy (non-hydrogen) atoms. The predicted molar refractivity (Wildman–Crippen MR) is 89.3 cm³/mol. The summed E-state index contributed by atoms with van der Waals surface area (Å²) in [5.41, 5.74) is 7.14. The Morgan fingerprint density at radius 2 is 2.20 bits per heavy atom. The van der Waals surface area contributed by atoms with Crippen LogP contribution in [-0.2, 0) is 11.3 Å². The lowest BCUT2D eigenvalue weighted by molar-refractivity contribution is -0.131. The number of amides is 1. The van der Waals surface area contributed by atoms with Gasteiger partial charge in [0.2, 0.25) is 5.91 Å². The molecule has 5 heteroatoms. The molecule has 0 radical (unpaired) electrons. The maximum atomic E-state index is 12.2. The van der Waals surface area contributed by atoms with Crippen molar-refractivity contribution < 1.29 is 4.79 Å². The van der Waals surface area contributed by atoms with Crippen LogP contribution in [0.2, 0.25) is 0 Å². The molecule has 0 bridgehead atoms. The van der Waals surface area contributed by atoms with Crippen molar-refractivity contribution in [2.75, 3.05) is 19.1 Å². The third-order valence-electron chi connectivity index (χ3n) is 3.30. The van der Waals surface area contributed by atoms with E-state index in [-0.39, 0.29) is 5.91 Å². The number of carbonyl (C=O) groups is 1. The van der Waals surface area contributed by atoms with Crippen LogP contribution in [0.15, 0.2) is 29.6 Å². The summed E-state index contributed by atoms with van der Waals surface area (Å²) >= 11 is 3.43. The Bertz CT molecular complexity index is 582. The second-order valence-corrected chi connectivity index (χ2v) is 6.74. The van der Waals surface area contributed by atoms with E-state index in [0.29, 0.717) is 6.54 Å². The molecule has 2 rings (SSSR count). The molecule has 0 aliphatic heterocycles. The van der Waals surface area contributed by atoms with Crippen molar-refractivity contribution in [3.63, 3.8) is 0 Å². The van der Waals surface area contributed by atoms with E-state index >= 15 is 0 Å². The Labute approximate surface area is 128 Å². The van der Waals surface area contributed by atoms with E-state index in [1.807, 2.05) is 25.4 Å². The fourth-order valence-electron chi connectivity index (χ4n) is 2.14. The smallest absolute Gasteiger partial charge is 0.239 e. The highest BCUT2D eigenvalue weighted by Crippen LogP contribution is 2.26. The van der Waals surface area contributed by atoms with Gasteiger partial charge in [-0.2, -0.15) is 11.8 Å². The van der Waals surface area contributed by atoms with Crippen molar-refractivity contribution in [3.05, 3.63) is 35.2 Å². The average molecular weight is 308 g/mol. The molecule has 0 fully saturated rings. The van der Waals surface area contributed by atoms with Gasteiger partial charge in [-0.1, -0.05) is 18.2 Å². The maximum absolute atomic E-state index is 12.2. The molecular weight excluding hydrogens is 288 g/mol. The molecule has 1 unspecified atom stereocenters. The van der Waals surface area contributed by atoms with Gasteiger partial charge in [-0.05, 0) is 40.8 Å². The number of rotatable bonds is 6. The van der Waals surface area contributed by atoms with Gasteiger partial charge in [0.25, 0.3) is 0 Å². The van der Waals surface area contributed by atoms with Crippen molar-refractivity contribution in [1.82, 2.24) is 4.90 Å². The normalized spacial score (nSPS) is 12.6. The van der Waals surface area contributed by atoms with E-state index < -0.39 is 6.04 Å². The van der Waals surface area contributed by atoms with Gasteiger partial charge in [-0.25, -0.2) is 0 Å². The van der Waals surface area contributed by atoms with Crippen LogP contribution in [0.25, 0.3) is 10.1 Å². The molecule has 1 atom stereocenters. The van der Waals surface area contributed by atoms with Gasteiger partial charge in [0.05, 0.1) is 6.04 Å². The number of nitrogens with zero attached hydrogens (tertiary/aromatic N) is 1. The number of thioether (sulfide) groups is 1. The number of hydrogen-bond acceptors (Lipinski definition) is 4. The summed E-state index contributed by atoms with van der Waals surface area (Å²) in [6, 6.07) is 7.89. The lowest BCUT2D eigenvalue weighted by Crippen LogP contribution is -2.41. The summed E-state index contributed by atoms with van der Waals surface area (Å²) in [4.78, 5) is 13.9. The van der Waals surface area contributed by atoms with E-state index in [1.165, 1.54) is 15.6 Å². The quantitative estimate of drug-likeness (QED) is 0.892. The van der Waals surface area contributed by atoms with Crippen molar-refractivity contribution >= 4 is 39.1 Å². The van der Waals surface area contributed by atoms with Gasteiger partial charge >= 0.3 is 0 Å². The molecule has 108 valence electrons. The number of thiophene rings is 1. The van der Waals surface area contributed by atoms with Crippen LogP contribution >= 0.6 is 23.1 Å². The fourth-order valence-corrected chi connectivity index (χ4v) is 3.58. The lowest BCUT2D eigenvalue weighted by Gasteiger charge is -2.21. The van der Waals surface area contributed by atoms with E-state index in [4.69, 9.17) is 5.73 Å². The van der Waals surface area contributed by atoms with Crippen molar-refractivity contribution in [2.45, 2.75) is 19.0 Å². The van der Waals surface area contributed by atoms with Crippen molar-refractivity contribution in [3.8, 4) is 0 Å². The highest BCUT2D eigenvalue weighted by atomic mass is 32.2. The summed E-state index contributed by atoms with van der Waals surface area (Å²) in [7, 11) is 1.83. The Morgan fingerprint density at radius 3 is 2.95 bits per heavy atom. The molecule has 3 nitrogen and oxygen atoms in total. The molecule has 2 aromatic rings. The number of benzene rings is 1. The van der Waals surface area contributed by atoms with Crippen molar-refractivity contribution in [1.29, 1.82) is 0 Å². The standard InChI is InChI=1S/C15H20N2OS2/c1-17(15(18)13(16)7-8-19-2)9-11-10-20-14-6-4-3-5-12(11)14/h3-6,10,13H,7-9,16H2,1-2H3. The van der Waals surface area contributed by atoms with Gasteiger partial charge in [0.1, 0.15) is 0 Å². The first-order valence-corrected chi connectivity index (χ1v) is 8.85. The zero-order valence-electron chi connectivity index (χ0n) is 11.8. The van der Waals surface area contributed by atoms with Crippen LogP contribution in [0.5, 0.6) is 0 Å². The summed E-state index contributed by atoms with van der Waals surface area (Å²) in [5.74, 6) is 0.941. The topological polar surface area (TPSA) is 46.3 Å². The van der Waals surface area contributed by atoms with Gasteiger partial charge in [-0.3, -0.25) is 4.79 Å². The van der Waals surface area contributed by atoms with Gasteiger partial charge in [0.15, 0.2) is 0 Å². The Hall–Kier alpha value is -1.04. The highest BCUT2D eigenvalue weighted by Gasteiger charge is 2.18. The zero-order valence-corrected chi connectivity index (χ0v) is 13.5. The van der Waals surface area contributed by atoms with Crippen LogP contribution < -0.4 is 5.73 Å². The summed E-state index contributed by atoms with van der Waals surface area (Å²) in [6.07, 6.45) is 2.76. The Balaban J connectivity index is 2.03. The number of nitrogens with two attached hydrogens (primary N) is 1. The molecule has 0 aliphatic carbocycles. The zero-order chi connectivity index (χ0) is 14.5. The average Bonchev–Trinajstić information content (AvgIpc) is 2.87. The second-order valence-electron chi connectivity index (χ2n) is 4.84. The number of fused-ring (bicyclic) bond motifs is 1. The largest absolute Gasteiger partial charge is 0.340 e. The van der Waals surface area contributed by atoms with Crippen LogP contribution in [0, 0.1) is 0 Å². The summed E-state index contributed by atoms with van der Waals surface area (Å²) in [6.45, 7) is 0.621. The molecule has 0 spiro atoms. The predicted octanol–water partition coefficient (Wildman–Crippen LogP) is 2.94. The van der Waals surface area contributed by atoms with Crippen molar-refractivity contribution in [2.24, 2.45) is 5.73 Å². The van der Waals surface area contributed by atoms with Gasteiger partial charge < -0.3 is 10.6 Å². The Kier molecular flexibility index (Phi) is 5.46. The van der Waals surface area contributed by atoms with E-state index in [2.05, 4.69) is 17.5 Å². The molecule has 0 saturated heterocycles. The number of hydrogen-bond donors (Lipinski definition) is 1. The minimum absolute atomic E-state index is 0.0225. The van der Waals surface area contributed by atoms with Gasteiger partial charge in [0, 0.05) is 18.3 Å². The number of carbonyl (C=O) groups excluding carboxylic acids is 1. The molecule has 1 aromatic carbocycles. The SMILES string of the molecule is CSCCC(N)C(=O)N(C)Cc1csc2ccccc12. The summed E-state index contributed by atoms with van der Waals surface area (Å²) < 4.78 is 1.26. The van der Waals surface area contributed by atoms with E-state index in [0.717, 1.165) is 12.2 Å². The highest BCUT2D eigenvalue weighted by molar-refractivity contribution is 7.98. The second kappa shape index (κ2) is 7.11. The van der Waals surface area contributed by atoms with E-state index in [9.17, 15) is 4.79 Å². The van der Waals surface area contributed by atoms with Crippen LogP contribution in [0.1, 0.15) is 12.0 Å². The van der Waals surface area contributed by atoms with Crippen LogP contribution in [-0.4, -0.2) is 35.9 Å². The van der Waals surface area contributed by atoms with Crippen LogP contribution in [0.4, 0.5) is 0 Å². The maximum Gasteiger partial charge on any atom is 0.239 e. The monoisotopic (exact) mass is 308 g/mol. The molecule has 1 heterocycles. The molecule has 0 aliphatic rings. The van der Waals surface area contributed by atoms with Crippen LogP contribution in [0.3, 0.4) is 0 Å². The first-order chi connectivity index (χ1) is 9.63. The molecule has 1 amide bonds. The fraction of sp³-hybridized carbons (Fsp3) is 0.400. The third-order valence-corrected chi connectivity index (χ3v) is 4.95. The number of likely N-dealkylation sites (N-methyl/N-ethyl adjacent to an activating group) is 1. The third kappa shape index (κ3) is 3.53. The molecule has 1 aromatic heterocycles. The minimum atomic E-state index is -0.391.